The monoisotopic (exact) mass is 296 g/mol. The fourth-order valence-electron chi connectivity index (χ4n) is 2.59. The number of anilines is 1. The third-order valence-corrected chi connectivity index (χ3v) is 4.48. The van der Waals surface area contributed by atoms with E-state index in [4.69, 9.17) is 22.1 Å². The van der Waals surface area contributed by atoms with Gasteiger partial charge in [0.1, 0.15) is 0 Å². The maximum absolute atomic E-state index is 12.3. The molecule has 0 heterocycles. The van der Waals surface area contributed by atoms with E-state index >= 15 is 0 Å². The van der Waals surface area contributed by atoms with Crippen LogP contribution in [-0.2, 0) is 4.74 Å². The number of para-hydroxylation sites is 1. The highest BCUT2D eigenvalue weighted by Gasteiger charge is 2.49. The van der Waals surface area contributed by atoms with Crippen LogP contribution in [0.4, 0.5) is 5.69 Å². The van der Waals surface area contributed by atoms with Crippen molar-refractivity contribution in [2.75, 3.05) is 12.3 Å². The van der Waals surface area contributed by atoms with Crippen LogP contribution in [0.1, 0.15) is 37.6 Å². The largest absolute Gasteiger partial charge is 0.397 e. The van der Waals surface area contributed by atoms with Gasteiger partial charge in [-0.1, -0.05) is 31.5 Å². The van der Waals surface area contributed by atoms with Crippen LogP contribution in [0.15, 0.2) is 18.2 Å². The Hall–Kier alpha value is -1.26. The van der Waals surface area contributed by atoms with Gasteiger partial charge in [0.05, 0.1) is 22.4 Å². The maximum atomic E-state index is 12.3. The van der Waals surface area contributed by atoms with Gasteiger partial charge in [0, 0.05) is 18.1 Å². The lowest BCUT2D eigenvalue weighted by atomic mass is 9.64. The molecule has 0 radical (unpaired) electrons. The molecule has 1 fully saturated rings. The molecular weight excluding hydrogens is 276 g/mol. The van der Waals surface area contributed by atoms with E-state index in [1.165, 1.54) is 0 Å². The second-order valence-electron chi connectivity index (χ2n) is 5.73. The van der Waals surface area contributed by atoms with Gasteiger partial charge < -0.3 is 15.8 Å². The minimum atomic E-state index is -0.182. The van der Waals surface area contributed by atoms with Crippen LogP contribution in [-0.4, -0.2) is 24.7 Å². The van der Waals surface area contributed by atoms with Gasteiger partial charge >= 0.3 is 0 Å². The Morgan fingerprint density at radius 2 is 2.25 bits per heavy atom. The summed E-state index contributed by atoms with van der Waals surface area (Å²) in [6.45, 7) is 6.87. The summed E-state index contributed by atoms with van der Waals surface area (Å²) in [5, 5.41) is 3.42. The van der Waals surface area contributed by atoms with Gasteiger partial charge in [0.2, 0.25) is 0 Å². The summed E-state index contributed by atoms with van der Waals surface area (Å²) >= 11 is 5.94. The zero-order chi connectivity index (χ0) is 14.9. The minimum absolute atomic E-state index is 0.0704. The van der Waals surface area contributed by atoms with E-state index < -0.39 is 0 Å². The van der Waals surface area contributed by atoms with Gasteiger partial charge in [-0.05, 0) is 25.5 Å². The molecule has 1 saturated carbocycles. The molecule has 0 aliphatic heterocycles. The van der Waals surface area contributed by atoms with E-state index in [0.717, 1.165) is 6.42 Å². The van der Waals surface area contributed by atoms with Crippen molar-refractivity contribution in [3.05, 3.63) is 28.8 Å². The first-order chi connectivity index (χ1) is 9.37. The molecule has 110 valence electrons. The quantitative estimate of drug-likeness (QED) is 0.840. The molecule has 0 spiro atoms. The molecule has 2 rings (SSSR count). The topological polar surface area (TPSA) is 64.3 Å². The van der Waals surface area contributed by atoms with Gasteiger partial charge in [0.25, 0.3) is 5.91 Å². The normalized spacial score (nSPS) is 24.0. The molecule has 0 saturated heterocycles. The molecule has 5 heteroatoms. The third-order valence-electron chi connectivity index (χ3n) is 4.15. The summed E-state index contributed by atoms with van der Waals surface area (Å²) in [4.78, 5) is 12.3. The standard InChI is InChI=1S/C15H21ClN2O2/c1-4-20-12-8-11(15(12,2)3)18-14(19)9-6-5-7-10(16)13(9)17/h5-7,11-12H,4,8,17H2,1-3H3,(H,18,19). The van der Waals surface area contributed by atoms with E-state index in [1.54, 1.807) is 18.2 Å². The second-order valence-corrected chi connectivity index (χ2v) is 6.14. The number of nitrogens with two attached hydrogens (primary N) is 1. The smallest absolute Gasteiger partial charge is 0.253 e. The SMILES string of the molecule is CCOC1CC(NC(=O)c2cccc(Cl)c2N)C1(C)C. The van der Waals surface area contributed by atoms with Gasteiger partial charge in [-0.3, -0.25) is 4.79 Å². The number of nitrogens with one attached hydrogen (secondary N) is 1. The van der Waals surface area contributed by atoms with E-state index in [-0.39, 0.29) is 23.5 Å². The third kappa shape index (κ3) is 2.63. The van der Waals surface area contributed by atoms with Crippen LogP contribution in [0.5, 0.6) is 0 Å². The highest BCUT2D eigenvalue weighted by Crippen LogP contribution is 2.42. The minimum Gasteiger partial charge on any atom is -0.397 e. The van der Waals surface area contributed by atoms with Crippen molar-refractivity contribution < 1.29 is 9.53 Å². The molecule has 1 aliphatic rings. The van der Waals surface area contributed by atoms with Crippen molar-refractivity contribution in [2.24, 2.45) is 5.41 Å². The number of amides is 1. The molecule has 1 amide bonds. The van der Waals surface area contributed by atoms with E-state index in [2.05, 4.69) is 19.2 Å². The highest BCUT2D eigenvalue weighted by molar-refractivity contribution is 6.33. The van der Waals surface area contributed by atoms with Crippen molar-refractivity contribution in [3.63, 3.8) is 0 Å². The summed E-state index contributed by atoms with van der Waals surface area (Å²) in [5.74, 6) is -0.182. The van der Waals surface area contributed by atoms with Crippen molar-refractivity contribution in [1.29, 1.82) is 0 Å². The molecule has 1 aromatic rings. The van der Waals surface area contributed by atoms with Crippen LogP contribution in [0.3, 0.4) is 0 Å². The van der Waals surface area contributed by atoms with E-state index in [1.807, 2.05) is 6.92 Å². The fraction of sp³-hybridized carbons (Fsp3) is 0.533. The lowest BCUT2D eigenvalue weighted by molar-refractivity contribution is -0.111. The molecule has 2 atom stereocenters. The predicted molar refractivity (Wildman–Crippen MR) is 80.9 cm³/mol. The van der Waals surface area contributed by atoms with Crippen molar-refractivity contribution in [2.45, 2.75) is 39.3 Å². The Balaban J connectivity index is 2.05. The number of carbonyl (C=O) groups excluding carboxylic acids is 1. The number of benzene rings is 1. The summed E-state index contributed by atoms with van der Waals surface area (Å²) in [7, 11) is 0. The maximum Gasteiger partial charge on any atom is 0.253 e. The molecule has 1 aromatic carbocycles. The number of carbonyl (C=O) groups is 1. The van der Waals surface area contributed by atoms with Crippen LogP contribution >= 0.6 is 11.6 Å². The average Bonchev–Trinajstić information content (AvgIpc) is 2.40. The molecule has 3 N–H and O–H groups in total. The number of halogens is 1. The lowest BCUT2D eigenvalue weighted by Crippen LogP contribution is -2.62. The zero-order valence-corrected chi connectivity index (χ0v) is 12.8. The molecular formula is C15H21ClN2O2. The van der Waals surface area contributed by atoms with Gasteiger partial charge in [-0.25, -0.2) is 0 Å². The Labute approximate surface area is 124 Å². The average molecular weight is 297 g/mol. The van der Waals surface area contributed by atoms with Crippen LogP contribution in [0.2, 0.25) is 5.02 Å². The van der Waals surface area contributed by atoms with Crippen molar-refractivity contribution in [1.82, 2.24) is 5.32 Å². The Morgan fingerprint density at radius 1 is 1.55 bits per heavy atom. The Kier molecular flexibility index (Phi) is 4.25. The van der Waals surface area contributed by atoms with E-state index in [9.17, 15) is 4.79 Å². The van der Waals surface area contributed by atoms with E-state index in [0.29, 0.717) is 22.9 Å². The molecule has 2 unspecified atom stereocenters. The number of hydrogen-bond acceptors (Lipinski definition) is 3. The second kappa shape index (κ2) is 5.62. The first-order valence-corrected chi connectivity index (χ1v) is 7.22. The number of hydrogen-bond donors (Lipinski definition) is 2. The van der Waals surface area contributed by atoms with Crippen LogP contribution in [0, 0.1) is 5.41 Å². The number of ether oxygens (including phenoxy) is 1. The number of rotatable bonds is 4. The Bertz CT molecular complexity index is 517. The fourth-order valence-corrected chi connectivity index (χ4v) is 2.76. The Morgan fingerprint density at radius 3 is 2.85 bits per heavy atom. The predicted octanol–water partition coefficient (Wildman–Crippen LogP) is 2.86. The van der Waals surface area contributed by atoms with Gasteiger partial charge in [-0.2, -0.15) is 0 Å². The summed E-state index contributed by atoms with van der Waals surface area (Å²) < 4.78 is 5.66. The van der Waals surface area contributed by atoms with Crippen LogP contribution < -0.4 is 11.1 Å². The molecule has 4 nitrogen and oxygen atoms in total. The lowest BCUT2D eigenvalue weighted by Gasteiger charge is -2.51. The summed E-state index contributed by atoms with van der Waals surface area (Å²) in [6, 6.07) is 5.17. The highest BCUT2D eigenvalue weighted by atomic mass is 35.5. The summed E-state index contributed by atoms with van der Waals surface area (Å²) in [5.41, 5.74) is 6.52. The molecule has 20 heavy (non-hydrogen) atoms. The van der Waals surface area contributed by atoms with Gasteiger partial charge in [0.15, 0.2) is 0 Å². The van der Waals surface area contributed by atoms with Gasteiger partial charge in [-0.15, -0.1) is 0 Å². The molecule has 1 aliphatic carbocycles. The molecule has 0 bridgehead atoms. The molecule has 0 aromatic heterocycles. The van der Waals surface area contributed by atoms with Crippen LogP contribution in [0.25, 0.3) is 0 Å². The first-order valence-electron chi connectivity index (χ1n) is 6.84. The van der Waals surface area contributed by atoms with Crippen molar-refractivity contribution >= 4 is 23.2 Å². The first kappa shape index (κ1) is 15.1. The number of nitrogen functional groups attached to an aromatic ring is 1. The summed E-state index contributed by atoms with van der Waals surface area (Å²) in [6.07, 6.45) is 1.02. The van der Waals surface area contributed by atoms with Crippen molar-refractivity contribution in [3.8, 4) is 0 Å². The zero-order valence-electron chi connectivity index (χ0n) is 12.1.